The van der Waals surface area contributed by atoms with Crippen LogP contribution in [0.4, 0.5) is 13.6 Å². The molecule has 2 amide bonds. The molecule has 0 bridgehead atoms. The van der Waals surface area contributed by atoms with Gasteiger partial charge in [-0.2, -0.15) is 8.78 Å². The maximum absolute atomic E-state index is 14.1. The van der Waals surface area contributed by atoms with Crippen LogP contribution in [0.5, 0.6) is 5.75 Å². The van der Waals surface area contributed by atoms with Crippen LogP contribution in [0, 0.1) is 6.92 Å². The van der Waals surface area contributed by atoms with Gasteiger partial charge in [0.05, 0.1) is 13.7 Å². The third-order valence-electron chi connectivity index (χ3n) is 6.68. The topological polar surface area (TPSA) is 160 Å². The standard InChI is InChI=1S/C31H35F2N2O9P/c1-21-9-8-12-26(27(21)29(37)42-2)43-18-7-6-17-34-28(36)25(35-30(38)44-20-23-10-4-3-5-11-23)19-22-13-15-24(16-14-22)31(32,33)45(39,40)41/h3-5,8-16,25H,6-7,17-20H2,1-2H3,(H,34,36)(H,35,38)(H2,39,40,41). The number of alkyl halides is 2. The Bertz CT molecular complexity index is 1500. The van der Waals surface area contributed by atoms with Gasteiger partial charge < -0.3 is 34.6 Å². The first kappa shape index (κ1) is 35.2. The van der Waals surface area contributed by atoms with Gasteiger partial charge in [0.2, 0.25) is 5.91 Å². The Balaban J connectivity index is 1.59. The highest BCUT2D eigenvalue weighted by Gasteiger charge is 2.50. The molecule has 0 saturated carbocycles. The lowest BCUT2D eigenvalue weighted by Crippen LogP contribution is -2.48. The van der Waals surface area contributed by atoms with Crippen LogP contribution in [0.2, 0.25) is 0 Å². The van der Waals surface area contributed by atoms with Crippen molar-refractivity contribution in [3.8, 4) is 5.75 Å². The first-order valence-electron chi connectivity index (χ1n) is 13.9. The predicted octanol–water partition coefficient (Wildman–Crippen LogP) is 4.82. The summed E-state index contributed by atoms with van der Waals surface area (Å²) in [6.45, 7) is 2.18. The molecule has 1 unspecified atom stereocenters. The zero-order valence-electron chi connectivity index (χ0n) is 24.7. The van der Waals surface area contributed by atoms with E-state index in [1.54, 1.807) is 55.5 Å². The fraction of sp³-hybridized carbons (Fsp3) is 0.323. The van der Waals surface area contributed by atoms with Gasteiger partial charge in [-0.15, -0.1) is 0 Å². The molecule has 11 nitrogen and oxygen atoms in total. The highest BCUT2D eigenvalue weighted by atomic mass is 31.2. The molecule has 3 aromatic carbocycles. The summed E-state index contributed by atoms with van der Waals surface area (Å²) in [5.41, 5.74) is -3.16. The second kappa shape index (κ2) is 16.1. The van der Waals surface area contributed by atoms with Crippen LogP contribution >= 0.6 is 7.60 Å². The Morgan fingerprint density at radius 3 is 2.27 bits per heavy atom. The molecule has 0 saturated heterocycles. The molecule has 242 valence electrons. The molecule has 3 aromatic rings. The van der Waals surface area contributed by atoms with Gasteiger partial charge in [-0.1, -0.05) is 66.7 Å². The third-order valence-corrected chi connectivity index (χ3v) is 7.67. The van der Waals surface area contributed by atoms with Gasteiger partial charge in [0.25, 0.3) is 0 Å². The maximum atomic E-state index is 14.1. The van der Waals surface area contributed by atoms with Crippen LogP contribution in [0.25, 0.3) is 0 Å². The number of ether oxygens (including phenoxy) is 3. The summed E-state index contributed by atoms with van der Waals surface area (Å²) in [4.78, 5) is 55.7. The SMILES string of the molecule is COC(=O)c1c(C)cccc1OCCCCNC(=O)C(Cc1ccc(C(F)(F)P(=O)(O)O)cc1)NC(=O)OCc1ccccc1. The quantitative estimate of drug-likeness (QED) is 0.103. The van der Waals surface area contributed by atoms with Crippen molar-refractivity contribution in [3.05, 3.63) is 101 Å². The number of methoxy groups -OCH3 is 1. The van der Waals surface area contributed by atoms with Gasteiger partial charge in [0.15, 0.2) is 0 Å². The number of alkyl carbamates (subject to hydrolysis) is 1. The highest BCUT2D eigenvalue weighted by molar-refractivity contribution is 7.52. The van der Waals surface area contributed by atoms with E-state index < -0.39 is 42.8 Å². The number of nitrogens with one attached hydrogen (secondary N) is 2. The van der Waals surface area contributed by atoms with Crippen molar-refractivity contribution >= 4 is 25.6 Å². The number of rotatable bonds is 15. The zero-order valence-corrected chi connectivity index (χ0v) is 25.6. The molecule has 0 spiro atoms. The van der Waals surface area contributed by atoms with Gasteiger partial charge in [0.1, 0.15) is 24.0 Å². The number of halogens is 2. The Morgan fingerprint density at radius 2 is 1.62 bits per heavy atom. The lowest BCUT2D eigenvalue weighted by Gasteiger charge is -2.20. The van der Waals surface area contributed by atoms with Crippen LogP contribution in [-0.4, -0.2) is 54.1 Å². The monoisotopic (exact) mass is 648 g/mol. The normalized spacial score (nSPS) is 12.1. The van der Waals surface area contributed by atoms with E-state index in [1.807, 2.05) is 0 Å². The summed E-state index contributed by atoms with van der Waals surface area (Å²) in [6, 6.07) is 17.0. The summed E-state index contributed by atoms with van der Waals surface area (Å²) >= 11 is 0. The number of amides is 2. The fourth-order valence-corrected chi connectivity index (χ4v) is 4.72. The van der Waals surface area contributed by atoms with Crippen LogP contribution in [0.15, 0.2) is 72.8 Å². The summed E-state index contributed by atoms with van der Waals surface area (Å²) in [5, 5.41) is 5.21. The van der Waals surface area contributed by atoms with E-state index in [-0.39, 0.29) is 26.2 Å². The first-order valence-corrected chi connectivity index (χ1v) is 15.5. The molecule has 4 N–H and O–H groups in total. The van der Waals surface area contributed by atoms with E-state index in [4.69, 9.17) is 24.0 Å². The van der Waals surface area contributed by atoms with Crippen molar-refractivity contribution in [2.24, 2.45) is 0 Å². The van der Waals surface area contributed by atoms with Crippen molar-refractivity contribution in [1.29, 1.82) is 0 Å². The van der Waals surface area contributed by atoms with Gasteiger partial charge >= 0.3 is 25.3 Å². The lowest BCUT2D eigenvalue weighted by molar-refractivity contribution is -0.123. The molecule has 0 fully saturated rings. The minimum absolute atomic E-state index is 0.0498. The first-order chi connectivity index (χ1) is 21.3. The second-order valence-corrected chi connectivity index (χ2v) is 11.7. The molecular weight excluding hydrogens is 613 g/mol. The molecule has 0 aliphatic rings. The number of carbonyl (C=O) groups is 3. The highest BCUT2D eigenvalue weighted by Crippen LogP contribution is 2.59. The fourth-order valence-electron chi connectivity index (χ4n) is 4.23. The average molecular weight is 649 g/mol. The van der Waals surface area contributed by atoms with Gasteiger partial charge in [-0.3, -0.25) is 9.36 Å². The number of unbranched alkanes of at least 4 members (excludes halogenated alkanes) is 1. The molecule has 45 heavy (non-hydrogen) atoms. The smallest absolute Gasteiger partial charge is 0.408 e. The molecule has 0 heterocycles. The van der Waals surface area contributed by atoms with Crippen molar-refractivity contribution in [3.63, 3.8) is 0 Å². The van der Waals surface area contributed by atoms with E-state index in [2.05, 4.69) is 10.6 Å². The summed E-state index contributed by atoms with van der Waals surface area (Å²) < 4.78 is 55.1. The van der Waals surface area contributed by atoms with E-state index in [0.29, 0.717) is 35.3 Å². The Kier molecular flexibility index (Phi) is 12.6. The van der Waals surface area contributed by atoms with E-state index >= 15 is 0 Å². The summed E-state index contributed by atoms with van der Waals surface area (Å²) in [5.74, 6) is -0.695. The number of carbonyl (C=O) groups excluding carboxylic acids is 3. The van der Waals surface area contributed by atoms with E-state index in [0.717, 1.165) is 17.7 Å². The van der Waals surface area contributed by atoms with Crippen LogP contribution in [0.1, 0.15) is 45.5 Å². The average Bonchev–Trinajstić information content (AvgIpc) is 3.01. The number of aryl methyl sites for hydroxylation is 1. The van der Waals surface area contributed by atoms with Gasteiger partial charge in [-0.25, -0.2) is 9.59 Å². The molecular formula is C31H35F2N2O9P. The van der Waals surface area contributed by atoms with Gasteiger partial charge in [0, 0.05) is 18.5 Å². The zero-order chi connectivity index (χ0) is 33.0. The minimum Gasteiger partial charge on any atom is -0.493 e. The van der Waals surface area contributed by atoms with E-state index in [9.17, 15) is 27.7 Å². The Hall–Kier alpha value is -4.32. The van der Waals surface area contributed by atoms with Crippen molar-refractivity contribution in [1.82, 2.24) is 10.6 Å². The number of hydrogen-bond acceptors (Lipinski definition) is 7. The second-order valence-electron chi connectivity index (χ2n) is 10.0. The Labute approximate surface area is 259 Å². The maximum Gasteiger partial charge on any atom is 0.408 e. The number of benzene rings is 3. The van der Waals surface area contributed by atoms with Crippen molar-refractivity contribution < 1.29 is 51.7 Å². The molecule has 14 heteroatoms. The largest absolute Gasteiger partial charge is 0.493 e. The van der Waals surface area contributed by atoms with Crippen LogP contribution in [-0.2, 0) is 37.5 Å². The summed E-state index contributed by atoms with van der Waals surface area (Å²) in [6.07, 6.45) is 0.00138. The molecule has 0 radical (unpaired) electrons. The molecule has 0 aliphatic carbocycles. The van der Waals surface area contributed by atoms with Gasteiger partial charge in [-0.05, 0) is 42.5 Å². The number of esters is 1. The van der Waals surface area contributed by atoms with Crippen LogP contribution < -0.4 is 15.4 Å². The Morgan fingerprint density at radius 1 is 0.933 bits per heavy atom. The molecule has 3 rings (SSSR count). The third kappa shape index (κ3) is 10.1. The predicted molar refractivity (Wildman–Crippen MR) is 160 cm³/mol. The molecule has 0 aliphatic heterocycles. The molecule has 1 atom stereocenters. The minimum atomic E-state index is -5.75. The van der Waals surface area contributed by atoms with Crippen molar-refractivity contribution in [2.75, 3.05) is 20.3 Å². The van der Waals surface area contributed by atoms with Crippen molar-refractivity contribution in [2.45, 2.75) is 44.5 Å². The van der Waals surface area contributed by atoms with Crippen LogP contribution in [0.3, 0.4) is 0 Å². The molecule has 0 aromatic heterocycles. The van der Waals surface area contributed by atoms with E-state index in [1.165, 1.54) is 19.2 Å². The summed E-state index contributed by atoms with van der Waals surface area (Å²) in [7, 11) is -4.47. The lowest BCUT2D eigenvalue weighted by atomic mass is 10.0. The number of hydrogen-bond donors (Lipinski definition) is 4.